The average molecular weight is 548 g/mol. The van der Waals surface area contributed by atoms with Crippen molar-refractivity contribution in [2.24, 2.45) is 11.1 Å². The molecule has 0 aromatic heterocycles. The predicted octanol–water partition coefficient (Wildman–Crippen LogP) is 2.63. The van der Waals surface area contributed by atoms with E-state index >= 15 is 4.39 Å². The minimum atomic E-state index is -4.81. The largest absolute Gasteiger partial charge is 0.573 e. The second-order valence-corrected chi connectivity index (χ2v) is 10.6. The molecular formula is C23H22F5N3O5S. The number of carbonyl (C=O) groups is 2. The summed E-state index contributed by atoms with van der Waals surface area (Å²) in [4.78, 5) is 27.4. The molecule has 0 bridgehead atoms. The Balaban J connectivity index is 1.32. The van der Waals surface area contributed by atoms with Crippen LogP contribution in [0.1, 0.15) is 22.3 Å². The number of rotatable bonds is 6. The Morgan fingerprint density at radius 3 is 2.24 bits per heavy atom. The van der Waals surface area contributed by atoms with Crippen molar-refractivity contribution in [2.45, 2.75) is 29.8 Å². The number of nitrogens with two attached hydrogens (primary N) is 1. The highest BCUT2D eigenvalue weighted by molar-refractivity contribution is 7.89. The highest BCUT2D eigenvalue weighted by atomic mass is 32.2. The monoisotopic (exact) mass is 547 g/mol. The summed E-state index contributed by atoms with van der Waals surface area (Å²) in [7, 11) is -4.16. The number of alkyl halides is 4. The van der Waals surface area contributed by atoms with E-state index in [0.717, 1.165) is 29.2 Å². The zero-order valence-corrected chi connectivity index (χ0v) is 20.0. The van der Waals surface area contributed by atoms with Crippen LogP contribution in [0.25, 0.3) is 0 Å². The maximum absolute atomic E-state index is 15.6. The minimum Gasteiger partial charge on any atom is -0.406 e. The van der Waals surface area contributed by atoms with Crippen LogP contribution in [0, 0.1) is 11.7 Å². The van der Waals surface area contributed by atoms with E-state index in [1.54, 1.807) is 0 Å². The van der Waals surface area contributed by atoms with E-state index < -0.39 is 50.2 Å². The van der Waals surface area contributed by atoms with Crippen LogP contribution in [0.2, 0.25) is 0 Å². The average Bonchev–Trinajstić information content (AvgIpc) is 3.28. The van der Waals surface area contributed by atoms with E-state index in [0.29, 0.717) is 11.6 Å². The summed E-state index contributed by atoms with van der Waals surface area (Å²) in [6.45, 7) is -0.636. The second kappa shape index (κ2) is 9.56. The van der Waals surface area contributed by atoms with Gasteiger partial charge in [-0.25, -0.2) is 22.3 Å². The van der Waals surface area contributed by atoms with Gasteiger partial charge in [-0.1, -0.05) is 12.1 Å². The van der Waals surface area contributed by atoms with Crippen molar-refractivity contribution in [1.82, 2.24) is 9.80 Å². The third kappa shape index (κ3) is 6.01. The molecule has 2 aliphatic heterocycles. The predicted molar refractivity (Wildman–Crippen MR) is 119 cm³/mol. The SMILES string of the molecule is NS(=O)(=O)c1ccc(C(=O)N2CC3CN(C(=O)CCc4ccc(OC(F)(F)F)cc4)CC3(F)C2)c(F)c1. The molecule has 2 unspecified atom stereocenters. The van der Waals surface area contributed by atoms with Crippen LogP contribution < -0.4 is 9.88 Å². The zero-order valence-electron chi connectivity index (χ0n) is 19.2. The van der Waals surface area contributed by atoms with Gasteiger partial charge in [0.15, 0.2) is 5.67 Å². The fraction of sp³-hybridized carbons (Fsp3) is 0.391. The first-order chi connectivity index (χ1) is 17.1. The van der Waals surface area contributed by atoms with Gasteiger partial charge in [0.2, 0.25) is 15.9 Å². The number of sulfonamides is 1. The number of aryl methyl sites for hydroxylation is 1. The molecular weight excluding hydrogens is 525 g/mol. The number of primary sulfonamides is 1. The molecule has 2 heterocycles. The summed E-state index contributed by atoms with van der Waals surface area (Å²) >= 11 is 0. The van der Waals surface area contributed by atoms with E-state index in [1.807, 2.05) is 0 Å². The Morgan fingerprint density at radius 2 is 1.68 bits per heavy atom. The molecule has 0 radical (unpaired) electrons. The lowest BCUT2D eigenvalue weighted by molar-refractivity contribution is -0.274. The summed E-state index contributed by atoms with van der Waals surface area (Å²) in [5.41, 5.74) is -1.71. The molecule has 200 valence electrons. The van der Waals surface area contributed by atoms with Gasteiger partial charge in [0.25, 0.3) is 5.91 Å². The number of amides is 2. The summed E-state index contributed by atoms with van der Waals surface area (Å²) in [6.07, 6.45) is -4.57. The van der Waals surface area contributed by atoms with Crippen LogP contribution >= 0.6 is 0 Å². The Morgan fingerprint density at radius 1 is 1.05 bits per heavy atom. The number of hydrogen-bond acceptors (Lipinski definition) is 5. The lowest BCUT2D eigenvalue weighted by Crippen LogP contribution is -2.40. The summed E-state index contributed by atoms with van der Waals surface area (Å²) in [5.74, 6) is -3.32. The summed E-state index contributed by atoms with van der Waals surface area (Å²) < 4.78 is 93.3. The van der Waals surface area contributed by atoms with Crippen LogP contribution in [-0.2, 0) is 21.2 Å². The lowest BCUT2D eigenvalue weighted by atomic mass is 9.97. The maximum atomic E-state index is 15.6. The van der Waals surface area contributed by atoms with E-state index in [4.69, 9.17) is 5.14 Å². The second-order valence-electron chi connectivity index (χ2n) is 9.07. The highest BCUT2D eigenvalue weighted by Crippen LogP contribution is 2.39. The van der Waals surface area contributed by atoms with Gasteiger partial charge in [-0.05, 0) is 42.3 Å². The van der Waals surface area contributed by atoms with E-state index in [1.165, 1.54) is 17.0 Å². The molecule has 2 atom stereocenters. The molecule has 4 rings (SSSR count). The Hall–Kier alpha value is -3.26. The van der Waals surface area contributed by atoms with E-state index in [9.17, 15) is 35.6 Å². The van der Waals surface area contributed by atoms with Gasteiger partial charge in [0, 0.05) is 25.4 Å². The number of benzene rings is 2. The number of ether oxygens (including phenoxy) is 1. The Labute approximate surface area is 208 Å². The first-order valence-electron chi connectivity index (χ1n) is 11.1. The number of likely N-dealkylation sites (tertiary alicyclic amines) is 2. The van der Waals surface area contributed by atoms with Crippen LogP contribution in [0.3, 0.4) is 0 Å². The van der Waals surface area contributed by atoms with Gasteiger partial charge in [0.05, 0.1) is 23.5 Å². The fourth-order valence-corrected chi connectivity index (χ4v) is 5.14. The zero-order chi connectivity index (χ0) is 27.2. The first-order valence-corrected chi connectivity index (χ1v) is 12.6. The molecule has 37 heavy (non-hydrogen) atoms. The molecule has 0 spiro atoms. The molecule has 0 saturated carbocycles. The van der Waals surface area contributed by atoms with Gasteiger partial charge in [0.1, 0.15) is 11.6 Å². The van der Waals surface area contributed by atoms with Crippen molar-refractivity contribution >= 4 is 21.8 Å². The first kappa shape index (κ1) is 26.8. The Kier molecular flexibility index (Phi) is 6.92. The van der Waals surface area contributed by atoms with Crippen molar-refractivity contribution in [3.8, 4) is 5.75 Å². The fourth-order valence-electron chi connectivity index (χ4n) is 4.62. The van der Waals surface area contributed by atoms with Crippen molar-refractivity contribution in [3.05, 3.63) is 59.4 Å². The number of fused-ring (bicyclic) bond motifs is 1. The third-order valence-corrected chi connectivity index (χ3v) is 7.36. The number of hydrogen-bond donors (Lipinski definition) is 1. The third-order valence-electron chi connectivity index (χ3n) is 6.44. The molecule has 2 amide bonds. The molecule has 8 nitrogen and oxygen atoms in total. The summed E-state index contributed by atoms with van der Waals surface area (Å²) in [6, 6.07) is 7.69. The van der Waals surface area contributed by atoms with Gasteiger partial charge in [-0.2, -0.15) is 0 Å². The molecule has 2 fully saturated rings. The normalized spacial score (nSPS) is 21.7. The molecule has 2 saturated heterocycles. The van der Waals surface area contributed by atoms with Crippen LogP contribution in [-0.4, -0.2) is 68.2 Å². The lowest BCUT2D eigenvalue weighted by Gasteiger charge is -2.23. The van der Waals surface area contributed by atoms with E-state index in [2.05, 4.69) is 4.74 Å². The van der Waals surface area contributed by atoms with Gasteiger partial charge in [-0.15, -0.1) is 13.2 Å². The van der Waals surface area contributed by atoms with Gasteiger partial charge >= 0.3 is 6.36 Å². The number of halogens is 5. The van der Waals surface area contributed by atoms with Crippen LogP contribution in [0.5, 0.6) is 5.75 Å². The van der Waals surface area contributed by atoms with Crippen LogP contribution in [0.4, 0.5) is 22.0 Å². The van der Waals surface area contributed by atoms with Crippen LogP contribution in [0.15, 0.2) is 47.4 Å². The Bertz CT molecular complexity index is 1320. The minimum absolute atomic E-state index is 0.00648. The highest BCUT2D eigenvalue weighted by Gasteiger charge is 2.55. The number of carbonyl (C=O) groups excluding carboxylic acids is 2. The smallest absolute Gasteiger partial charge is 0.406 e. The van der Waals surface area contributed by atoms with Gasteiger partial charge in [-0.3, -0.25) is 9.59 Å². The maximum Gasteiger partial charge on any atom is 0.573 e. The molecule has 2 aromatic carbocycles. The molecule has 14 heteroatoms. The van der Waals surface area contributed by atoms with Gasteiger partial charge < -0.3 is 14.5 Å². The molecule has 2 N–H and O–H groups in total. The van der Waals surface area contributed by atoms with E-state index in [-0.39, 0.29) is 50.7 Å². The molecule has 0 aliphatic carbocycles. The topological polar surface area (TPSA) is 110 Å². The molecule has 2 aromatic rings. The number of nitrogens with zero attached hydrogens (tertiary/aromatic N) is 2. The van der Waals surface area contributed by atoms with Crippen molar-refractivity contribution in [1.29, 1.82) is 0 Å². The van der Waals surface area contributed by atoms with Crippen molar-refractivity contribution in [3.63, 3.8) is 0 Å². The molecule has 2 aliphatic rings. The van der Waals surface area contributed by atoms with Crippen molar-refractivity contribution in [2.75, 3.05) is 26.2 Å². The van der Waals surface area contributed by atoms with Crippen molar-refractivity contribution < 1.29 is 44.7 Å². The summed E-state index contributed by atoms with van der Waals surface area (Å²) in [5, 5.41) is 4.96. The quantitative estimate of drug-likeness (QED) is 0.560. The standard InChI is InChI=1S/C23H22F5N3O5S/c24-19-9-17(37(29,34)35)6-7-18(19)21(33)31-11-15-10-30(12-22(15,25)13-31)20(32)8-3-14-1-4-16(5-2-14)36-23(26,27)28/h1-2,4-7,9,15H,3,8,10-13H2,(H2,29,34,35).